The van der Waals surface area contributed by atoms with E-state index in [1.807, 2.05) is 26.0 Å². The second kappa shape index (κ2) is 9.26. The molecule has 0 atom stereocenters. The minimum absolute atomic E-state index is 0.114. The number of imidazole rings is 1. The predicted molar refractivity (Wildman–Crippen MR) is 126 cm³/mol. The van der Waals surface area contributed by atoms with Crippen molar-refractivity contribution in [1.29, 1.82) is 0 Å². The molecule has 3 N–H and O–H groups in total. The molecule has 0 aliphatic heterocycles. The number of anilines is 1. The van der Waals surface area contributed by atoms with Crippen LogP contribution in [0.15, 0.2) is 48.5 Å². The Balaban J connectivity index is 1.50. The molecule has 2 aromatic heterocycles. The average Bonchev–Trinajstić information content (AvgIpc) is 3.13. The number of ether oxygens (including phenoxy) is 1. The lowest BCUT2D eigenvalue weighted by molar-refractivity contribution is -0.120. The number of fused-ring (bicyclic) bond motifs is 1. The van der Waals surface area contributed by atoms with Crippen LogP contribution in [0.25, 0.3) is 11.2 Å². The molecule has 0 aliphatic carbocycles. The maximum atomic E-state index is 13.9. The lowest BCUT2D eigenvalue weighted by Gasteiger charge is -2.26. The summed E-state index contributed by atoms with van der Waals surface area (Å²) in [5.74, 6) is -0.676. The number of amides is 1. The third kappa shape index (κ3) is 5.09. The molecule has 0 aliphatic rings. The van der Waals surface area contributed by atoms with Crippen LogP contribution in [-0.2, 0) is 16.9 Å². The standard InChI is InChI=1S/C24H22ClF2N5O2/c1-13(33)32-24(2,3)14-7-9-15(10-8-14)34-23-29-20-11-17(25)21(30-22(20)31-23)28-12-16-18(26)5-4-6-19(16)27/h4-11H,12H2,1-3H3,(H,32,33)(H2,28,29,30,31). The lowest BCUT2D eigenvalue weighted by Crippen LogP contribution is -2.39. The van der Waals surface area contributed by atoms with Crippen LogP contribution in [0.2, 0.25) is 5.02 Å². The summed E-state index contributed by atoms with van der Waals surface area (Å²) in [4.78, 5) is 23.1. The van der Waals surface area contributed by atoms with E-state index in [0.717, 1.165) is 5.56 Å². The summed E-state index contributed by atoms with van der Waals surface area (Å²) in [5, 5.41) is 5.99. The van der Waals surface area contributed by atoms with Crippen molar-refractivity contribution in [2.75, 3.05) is 5.32 Å². The SMILES string of the molecule is CC(=O)NC(C)(C)c1ccc(Oc2nc3nc(NCc4c(F)cccc4F)c(Cl)cc3[nH]2)cc1. The van der Waals surface area contributed by atoms with Gasteiger partial charge in [0.2, 0.25) is 5.91 Å². The van der Waals surface area contributed by atoms with E-state index in [4.69, 9.17) is 16.3 Å². The zero-order valence-corrected chi connectivity index (χ0v) is 19.4. The van der Waals surface area contributed by atoms with Crippen molar-refractivity contribution in [3.05, 3.63) is 76.3 Å². The Labute approximate surface area is 199 Å². The topological polar surface area (TPSA) is 91.9 Å². The van der Waals surface area contributed by atoms with Gasteiger partial charge in [-0.1, -0.05) is 29.8 Å². The Morgan fingerprint density at radius 1 is 1.12 bits per heavy atom. The zero-order valence-electron chi connectivity index (χ0n) is 18.7. The van der Waals surface area contributed by atoms with Crippen LogP contribution in [0, 0.1) is 11.6 Å². The Hall–Kier alpha value is -3.72. The fourth-order valence-electron chi connectivity index (χ4n) is 3.50. The van der Waals surface area contributed by atoms with E-state index in [1.165, 1.54) is 25.1 Å². The van der Waals surface area contributed by atoms with Crippen molar-refractivity contribution < 1.29 is 18.3 Å². The van der Waals surface area contributed by atoms with E-state index in [2.05, 4.69) is 25.6 Å². The first-order chi connectivity index (χ1) is 16.1. The fourth-order valence-corrected chi connectivity index (χ4v) is 3.72. The molecule has 4 rings (SSSR count). The maximum Gasteiger partial charge on any atom is 0.301 e. The number of carbonyl (C=O) groups is 1. The minimum Gasteiger partial charge on any atom is -0.426 e. The van der Waals surface area contributed by atoms with Gasteiger partial charge in [0.25, 0.3) is 0 Å². The largest absolute Gasteiger partial charge is 0.426 e. The van der Waals surface area contributed by atoms with E-state index in [9.17, 15) is 13.6 Å². The summed E-state index contributed by atoms with van der Waals surface area (Å²) in [6.07, 6.45) is 0. The number of nitrogens with zero attached hydrogens (tertiary/aromatic N) is 2. The van der Waals surface area contributed by atoms with Gasteiger partial charge in [-0.3, -0.25) is 4.79 Å². The smallest absolute Gasteiger partial charge is 0.301 e. The number of nitrogens with one attached hydrogen (secondary N) is 3. The van der Waals surface area contributed by atoms with E-state index in [1.54, 1.807) is 18.2 Å². The first-order valence-electron chi connectivity index (χ1n) is 10.4. The second-order valence-electron chi connectivity index (χ2n) is 8.22. The molecule has 34 heavy (non-hydrogen) atoms. The normalized spacial score (nSPS) is 11.5. The van der Waals surface area contributed by atoms with Gasteiger partial charge >= 0.3 is 6.01 Å². The highest BCUT2D eigenvalue weighted by atomic mass is 35.5. The number of hydrogen-bond acceptors (Lipinski definition) is 5. The van der Waals surface area contributed by atoms with E-state index in [-0.39, 0.29) is 34.9 Å². The average molecular weight is 486 g/mol. The highest BCUT2D eigenvalue weighted by Gasteiger charge is 2.21. The van der Waals surface area contributed by atoms with Crippen LogP contribution in [0.4, 0.5) is 14.6 Å². The first kappa shape index (κ1) is 23.4. The van der Waals surface area contributed by atoms with Gasteiger partial charge in [0, 0.05) is 19.0 Å². The Bertz CT molecular complexity index is 1340. The number of benzene rings is 2. The first-order valence-corrected chi connectivity index (χ1v) is 10.8. The van der Waals surface area contributed by atoms with Gasteiger partial charge < -0.3 is 20.4 Å². The molecular formula is C24H22ClF2N5O2. The molecule has 2 heterocycles. The zero-order chi connectivity index (χ0) is 24.5. The van der Waals surface area contributed by atoms with Crippen molar-refractivity contribution in [3.63, 3.8) is 0 Å². The van der Waals surface area contributed by atoms with Gasteiger partial charge in [-0.05, 0) is 49.7 Å². The van der Waals surface area contributed by atoms with Crippen molar-refractivity contribution >= 4 is 34.5 Å². The third-order valence-corrected chi connectivity index (χ3v) is 5.47. The molecular weight excluding hydrogens is 464 g/mol. The van der Waals surface area contributed by atoms with Crippen molar-refractivity contribution in [2.24, 2.45) is 0 Å². The van der Waals surface area contributed by atoms with Crippen molar-refractivity contribution in [1.82, 2.24) is 20.3 Å². The molecule has 0 fully saturated rings. The number of pyridine rings is 1. The molecule has 1 amide bonds. The number of aromatic nitrogens is 3. The second-order valence-corrected chi connectivity index (χ2v) is 8.63. The van der Waals surface area contributed by atoms with Gasteiger partial charge in [-0.2, -0.15) is 4.98 Å². The summed E-state index contributed by atoms with van der Waals surface area (Å²) >= 11 is 6.28. The molecule has 4 aromatic rings. The lowest BCUT2D eigenvalue weighted by atomic mass is 9.94. The highest BCUT2D eigenvalue weighted by Crippen LogP contribution is 2.29. The molecule has 2 aromatic carbocycles. The fraction of sp³-hybridized carbons (Fsp3) is 0.208. The summed E-state index contributed by atoms with van der Waals surface area (Å²) in [6.45, 7) is 5.15. The van der Waals surface area contributed by atoms with Crippen LogP contribution in [-0.4, -0.2) is 20.9 Å². The summed E-state index contributed by atoms with van der Waals surface area (Å²) in [7, 11) is 0. The maximum absolute atomic E-state index is 13.9. The van der Waals surface area contributed by atoms with Crippen LogP contribution >= 0.6 is 11.6 Å². The molecule has 176 valence electrons. The molecule has 0 unspecified atom stereocenters. The summed E-state index contributed by atoms with van der Waals surface area (Å²) < 4.78 is 33.6. The molecule has 0 saturated carbocycles. The molecule has 7 nitrogen and oxygen atoms in total. The number of H-pyrrole nitrogens is 1. The number of hydrogen-bond donors (Lipinski definition) is 3. The molecule has 0 bridgehead atoms. The summed E-state index contributed by atoms with van der Waals surface area (Å²) in [6, 6.07) is 12.7. The number of carbonyl (C=O) groups excluding carboxylic acids is 1. The predicted octanol–water partition coefficient (Wildman–Crippen LogP) is 5.67. The third-order valence-electron chi connectivity index (χ3n) is 5.18. The number of rotatable bonds is 7. The molecule has 0 spiro atoms. The van der Waals surface area contributed by atoms with E-state index < -0.39 is 17.2 Å². The Morgan fingerprint density at radius 2 is 1.79 bits per heavy atom. The molecule has 10 heteroatoms. The summed E-state index contributed by atoms with van der Waals surface area (Å²) in [5.41, 5.74) is 1.12. The molecule has 0 radical (unpaired) electrons. The van der Waals surface area contributed by atoms with Crippen LogP contribution in [0.1, 0.15) is 31.9 Å². The molecule has 0 saturated heterocycles. The minimum atomic E-state index is -0.661. The highest BCUT2D eigenvalue weighted by molar-refractivity contribution is 6.33. The number of halogens is 3. The van der Waals surface area contributed by atoms with Gasteiger partial charge in [0.1, 0.15) is 23.2 Å². The van der Waals surface area contributed by atoms with Gasteiger partial charge in [0.05, 0.1) is 16.1 Å². The van der Waals surface area contributed by atoms with Crippen LogP contribution < -0.4 is 15.4 Å². The van der Waals surface area contributed by atoms with Gasteiger partial charge in [0.15, 0.2) is 5.65 Å². The number of aromatic amines is 1. The van der Waals surface area contributed by atoms with Crippen molar-refractivity contribution in [3.8, 4) is 11.8 Å². The van der Waals surface area contributed by atoms with E-state index >= 15 is 0 Å². The van der Waals surface area contributed by atoms with Crippen LogP contribution in [0.3, 0.4) is 0 Å². The van der Waals surface area contributed by atoms with Gasteiger partial charge in [-0.25, -0.2) is 13.8 Å². The van der Waals surface area contributed by atoms with Gasteiger partial charge in [-0.15, -0.1) is 0 Å². The van der Waals surface area contributed by atoms with Crippen LogP contribution in [0.5, 0.6) is 11.8 Å². The Kier molecular flexibility index (Phi) is 6.39. The quantitative estimate of drug-likeness (QED) is 0.314. The monoisotopic (exact) mass is 485 g/mol. The van der Waals surface area contributed by atoms with E-state index in [0.29, 0.717) is 16.9 Å². The Morgan fingerprint density at radius 3 is 2.44 bits per heavy atom. The van der Waals surface area contributed by atoms with Crippen molar-refractivity contribution in [2.45, 2.75) is 32.9 Å².